The highest BCUT2D eigenvalue weighted by Crippen LogP contribution is 2.19. The summed E-state index contributed by atoms with van der Waals surface area (Å²) in [5, 5.41) is 7.12. The van der Waals surface area contributed by atoms with Crippen LogP contribution in [0.25, 0.3) is 11.3 Å². The molecule has 5 nitrogen and oxygen atoms in total. The van der Waals surface area contributed by atoms with Gasteiger partial charge in [-0.15, -0.1) is 0 Å². The van der Waals surface area contributed by atoms with Crippen LogP contribution in [0.15, 0.2) is 65.5 Å². The highest BCUT2D eigenvalue weighted by molar-refractivity contribution is 5.92. The number of hydrogen-bond acceptors (Lipinski definition) is 3. The van der Waals surface area contributed by atoms with E-state index < -0.39 is 0 Å². The molecule has 3 aromatic rings. The Labute approximate surface area is 145 Å². The summed E-state index contributed by atoms with van der Waals surface area (Å²) < 4.78 is 1.30. The van der Waals surface area contributed by atoms with Crippen LogP contribution in [0.2, 0.25) is 0 Å². The van der Waals surface area contributed by atoms with Crippen LogP contribution in [-0.4, -0.2) is 15.7 Å². The molecule has 1 aromatic heterocycles. The van der Waals surface area contributed by atoms with E-state index in [9.17, 15) is 9.59 Å². The van der Waals surface area contributed by atoms with E-state index in [-0.39, 0.29) is 11.5 Å². The van der Waals surface area contributed by atoms with Crippen LogP contribution in [0.5, 0.6) is 0 Å². The molecule has 1 N–H and O–H groups in total. The van der Waals surface area contributed by atoms with Gasteiger partial charge in [-0.05, 0) is 36.2 Å². The number of amides is 1. The number of nitrogens with zero attached hydrogens (tertiary/aromatic N) is 2. The maximum absolute atomic E-state index is 12.2. The Hall–Kier alpha value is -3.21. The third-order valence-corrected chi connectivity index (χ3v) is 4.04. The van der Waals surface area contributed by atoms with Gasteiger partial charge in [0.25, 0.3) is 5.56 Å². The summed E-state index contributed by atoms with van der Waals surface area (Å²) in [5.41, 5.74) is 4.29. The summed E-state index contributed by atoms with van der Waals surface area (Å²) in [7, 11) is 1.62. The molecule has 0 fully saturated rings. The molecule has 0 unspecified atom stereocenters. The predicted octanol–water partition coefficient (Wildman–Crippen LogP) is 2.94. The van der Waals surface area contributed by atoms with Crippen molar-refractivity contribution in [3.8, 4) is 11.3 Å². The fraction of sp³-hybridized carbons (Fsp3) is 0.150. The maximum atomic E-state index is 12.2. The fourth-order valence-electron chi connectivity index (χ4n) is 2.57. The molecule has 0 saturated heterocycles. The first-order chi connectivity index (χ1) is 12.0. The van der Waals surface area contributed by atoms with Crippen LogP contribution < -0.4 is 10.9 Å². The fourth-order valence-corrected chi connectivity index (χ4v) is 2.57. The number of anilines is 1. The Morgan fingerprint density at radius 2 is 1.76 bits per heavy atom. The lowest BCUT2D eigenvalue weighted by Crippen LogP contribution is -2.18. The van der Waals surface area contributed by atoms with E-state index in [0.29, 0.717) is 12.1 Å². The average molecular weight is 333 g/mol. The highest BCUT2D eigenvalue weighted by Gasteiger charge is 2.07. The van der Waals surface area contributed by atoms with Crippen molar-refractivity contribution in [3.63, 3.8) is 0 Å². The standard InChI is InChI=1S/C20H19N3O2/c1-14-5-3-4-6-16(14)13-19(24)21-17-9-7-15(8-10-17)18-11-12-20(25)23(2)22-18/h3-12H,13H2,1-2H3,(H,21,24). The van der Waals surface area contributed by atoms with Crippen molar-refractivity contribution in [2.75, 3.05) is 5.32 Å². The van der Waals surface area contributed by atoms with Gasteiger partial charge >= 0.3 is 0 Å². The van der Waals surface area contributed by atoms with E-state index in [1.165, 1.54) is 10.7 Å². The summed E-state index contributed by atoms with van der Waals surface area (Å²) >= 11 is 0. The normalized spacial score (nSPS) is 10.5. The van der Waals surface area contributed by atoms with Crippen molar-refractivity contribution in [3.05, 3.63) is 82.1 Å². The summed E-state index contributed by atoms with van der Waals surface area (Å²) in [5.74, 6) is -0.0534. The molecule has 1 amide bonds. The van der Waals surface area contributed by atoms with Crippen molar-refractivity contribution >= 4 is 11.6 Å². The first-order valence-corrected chi connectivity index (χ1v) is 8.02. The molecular weight excluding hydrogens is 314 g/mol. The zero-order valence-corrected chi connectivity index (χ0v) is 14.2. The average Bonchev–Trinajstić information content (AvgIpc) is 2.60. The second-order valence-electron chi connectivity index (χ2n) is 5.91. The molecule has 0 bridgehead atoms. The molecule has 25 heavy (non-hydrogen) atoms. The molecule has 2 aromatic carbocycles. The Bertz CT molecular complexity index is 959. The lowest BCUT2D eigenvalue weighted by atomic mass is 10.1. The lowest BCUT2D eigenvalue weighted by Gasteiger charge is -2.08. The molecule has 0 spiro atoms. The molecule has 0 saturated carbocycles. The Morgan fingerprint density at radius 3 is 2.44 bits per heavy atom. The largest absolute Gasteiger partial charge is 0.326 e. The van der Waals surface area contributed by atoms with Gasteiger partial charge in [-0.2, -0.15) is 5.10 Å². The van der Waals surface area contributed by atoms with Gasteiger partial charge < -0.3 is 5.32 Å². The Morgan fingerprint density at radius 1 is 1.04 bits per heavy atom. The van der Waals surface area contributed by atoms with E-state index >= 15 is 0 Å². The molecule has 0 aliphatic carbocycles. The zero-order chi connectivity index (χ0) is 17.8. The molecular formula is C20H19N3O2. The summed E-state index contributed by atoms with van der Waals surface area (Å²) in [6.45, 7) is 2.00. The number of rotatable bonds is 4. The SMILES string of the molecule is Cc1ccccc1CC(=O)Nc1ccc(-c2ccc(=O)n(C)n2)cc1. The minimum atomic E-state index is -0.149. The highest BCUT2D eigenvalue weighted by atomic mass is 16.1. The van der Waals surface area contributed by atoms with E-state index in [1.807, 2.05) is 55.5 Å². The van der Waals surface area contributed by atoms with Crippen molar-refractivity contribution in [2.45, 2.75) is 13.3 Å². The van der Waals surface area contributed by atoms with Crippen LogP contribution in [0.3, 0.4) is 0 Å². The molecule has 126 valence electrons. The first kappa shape index (κ1) is 16.6. The summed E-state index contributed by atoms with van der Waals surface area (Å²) in [4.78, 5) is 23.6. The lowest BCUT2D eigenvalue weighted by molar-refractivity contribution is -0.115. The van der Waals surface area contributed by atoms with Gasteiger partial charge in [-0.25, -0.2) is 4.68 Å². The molecule has 0 radical (unpaired) electrons. The second-order valence-corrected chi connectivity index (χ2v) is 5.91. The molecule has 5 heteroatoms. The van der Waals surface area contributed by atoms with Gasteiger partial charge in [0.05, 0.1) is 12.1 Å². The van der Waals surface area contributed by atoms with Crippen LogP contribution >= 0.6 is 0 Å². The van der Waals surface area contributed by atoms with Crippen LogP contribution in [0.4, 0.5) is 5.69 Å². The number of carbonyl (C=O) groups excluding carboxylic acids is 1. The molecule has 0 atom stereocenters. The van der Waals surface area contributed by atoms with Gasteiger partial charge in [0, 0.05) is 24.4 Å². The van der Waals surface area contributed by atoms with Crippen LogP contribution in [-0.2, 0) is 18.3 Å². The van der Waals surface area contributed by atoms with E-state index in [1.54, 1.807) is 13.1 Å². The Balaban J connectivity index is 1.70. The monoisotopic (exact) mass is 333 g/mol. The van der Waals surface area contributed by atoms with Crippen molar-refractivity contribution < 1.29 is 4.79 Å². The van der Waals surface area contributed by atoms with E-state index in [2.05, 4.69) is 10.4 Å². The summed E-state index contributed by atoms with van der Waals surface area (Å²) in [6, 6.07) is 18.4. The maximum Gasteiger partial charge on any atom is 0.266 e. The third kappa shape index (κ3) is 4.01. The number of nitrogens with one attached hydrogen (secondary N) is 1. The molecule has 0 aliphatic heterocycles. The van der Waals surface area contributed by atoms with E-state index in [0.717, 1.165) is 22.4 Å². The second kappa shape index (κ2) is 7.13. The van der Waals surface area contributed by atoms with Crippen molar-refractivity contribution in [1.29, 1.82) is 0 Å². The minimum absolute atomic E-state index is 0.0534. The molecule has 0 aliphatic rings. The smallest absolute Gasteiger partial charge is 0.266 e. The number of aromatic nitrogens is 2. The van der Waals surface area contributed by atoms with Gasteiger partial charge in [0.2, 0.25) is 5.91 Å². The van der Waals surface area contributed by atoms with Crippen molar-refractivity contribution in [2.24, 2.45) is 7.05 Å². The number of aryl methyl sites for hydroxylation is 2. The molecule has 3 rings (SSSR count). The first-order valence-electron chi connectivity index (χ1n) is 8.02. The van der Waals surface area contributed by atoms with Gasteiger partial charge in [0.1, 0.15) is 0 Å². The number of carbonyl (C=O) groups is 1. The summed E-state index contributed by atoms with van der Waals surface area (Å²) in [6.07, 6.45) is 0.344. The van der Waals surface area contributed by atoms with Gasteiger partial charge in [-0.3, -0.25) is 9.59 Å². The third-order valence-electron chi connectivity index (χ3n) is 4.04. The number of benzene rings is 2. The number of hydrogen-bond donors (Lipinski definition) is 1. The van der Waals surface area contributed by atoms with Crippen molar-refractivity contribution in [1.82, 2.24) is 9.78 Å². The Kier molecular flexibility index (Phi) is 4.75. The van der Waals surface area contributed by atoms with Gasteiger partial charge in [-0.1, -0.05) is 36.4 Å². The molecule has 1 heterocycles. The zero-order valence-electron chi connectivity index (χ0n) is 14.2. The predicted molar refractivity (Wildman–Crippen MR) is 98.4 cm³/mol. The topological polar surface area (TPSA) is 64.0 Å². The van der Waals surface area contributed by atoms with Crippen LogP contribution in [0, 0.1) is 6.92 Å². The van der Waals surface area contributed by atoms with Gasteiger partial charge in [0.15, 0.2) is 0 Å². The van der Waals surface area contributed by atoms with E-state index in [4.69, 9.17) is 0 Å². The quantitative estimate of drug-likeness (QED) is 0.798. The minimum Gasteiger partial charge on any atom is -0.326 e. The van der Waals surface area contributed by atoms with Crippen LogP contribution in [0.1, 0.15) is 11.1 Å².